The molecule has 1 aromatic rings. The predicted octanol–water partition coefficient (Wildman–Crippen LogP) is 2.04. The number of nitrogens with zero attached hydrogens (tertiary/aromatic N) is 1. The van der Waals surface area contributed by atoms with E-state index in [4.69, 9.17) is 0 Å². The van der Waals surface area contributed by atoms with Crippen molar-refractivity contribution in [2.45, 2.75) is 31.8 Å². The van der Waals surface area contributed by atoms with Crippen molar-refractivity contribution in [3.05, 3.63) is 29.8 Å². The van der Waals surface area contributed by atoms with Gasteiger partial charge in [0.25, 0.3) is 5.91 Å². The van der Waals surface area contributed by atoms with Crippen LogP contribution in [0.1, 0.15) is 31.7 Å². The van der Waals surface area contributed by atoms with Crippen molar-refractivity contribution in [3.63, 3.8) is 0 Å². The van der Waals surface area contributed by atoms with Gasteiger partial charge in [-0.2, -0.15) is 0 Å². The minimum Gasteiger partial charge on any atom is -0.366 e. The van der Waals surface area contributed by atoms with Crippen molar-refractivity contribution in [2.75, 3.05) is 11.9 Å². The lowest BCUT2D eigenvalue weighted by Gasteiger charge is -2.14. The molecule has 1 heterocycles. The van der Waals surface area contributed by atoms with E-state index >= 15 is 0 Å². The van der Waals surface area contributed by atoms with Gasteiger partial charge in [-0.1, -0.05) is 43.4 Å². The molecule has 1 N–H and O–H groups in total. The molecule has 18 heavy (non-hydrogen) atoms. The van der Waals surface area contributed by atoms with Crippen LogP contribution in [0.3, 0.4) is 0 Å². The maximum atomic E-state index is 12.1. The summed E-state index contributed by atoms with van der Waals surface area (Å²) in [4.78, 5) is 13.6. The van der Waals surface area contributed by atoms with E-state index in [2.05, 4.69) is 18.8 Å². The summed E-state index contributed by atoms with van der Waals surface area (Å²) in [5, 5.41) is 10.5. The minimum atomic E-state index is -1.67. The van der Waals surface area contributed by atoms with E-state index < -0.39 is 5.60 Å². The standard InChI is InChI=1S/C15H17NO2/c1-3-4-5-8-11-15(18)12-9-6-7-10-13(12)16(2)14(15)17/h6-7,9-10,18H,3-5H2,1-2H3. The summed E-state index contributed by atoms with van der Waals surface area (Å²) in [6, 6.07) is 7.23. The van der Waals surface area contributed by atoms with Crippen LogP contribution < -0.4 is 4.90 Å². The van der Waals surface area contributed by atoms with Crippen LogP contribution in [0.15, 0.2) is 24.3 Å². The average Bonchev–Trinajstić information content (AvgIpc) is 2.59. The van der Waals surface area contributed by atoms with Crippen molar-refractivity contribution in [2.24, 2.45) is 0 Å². The van der Waals surface area contributed by atoms with Crippen molar-refractivity contribution in [1.29, 1.82) is 0 Å². The SMILES string of the molecule is CCCCC#CC1(O)C(=O)N(C)c2ccccc21. The molecule has 1 aromatic carbocycles. The summed E-state index contributed by atoms with van der Waals surface area (Å²) in [5.74, 6) is 5.29. The molecule has 0 aromatic heterocycles. The Morgan fingerprint density at radius 3 is 2.83 bits per heavy atom. The molecule has 1 aliphatic heterocycles. The maximum Gasteiger partial charge on any atom is 0.276 e. The lowest BCUT2D eigenvalue weighted by atomic mass is 9.96. The molecule has 1 atom stereocenters. The first-order valence-corrected chi connectivity index (χ1v) is 6.21. The number of carbonyl (C=O) groups is 1. The van der Waals surface area contributed by atoms with E-state index in [-0.39, 0.29) is 5.91 Å². The molecule has 0 bridgehead atoms. The molecule has 1 aliphatic rings. The number of anilines is 1. The zero-order valence-electron chi connectivity index (χ0n) is 10.7. The Morgan fingerprint density at radius 1 is 1.39 bits per heavy atom. The summed E-state index contributed by atoms with van der Waals surface area (Å²) in [5.41, 5.74) is -0.352. The number of unbranched alkanes of at least 4 members (excludes halogenated alkanes) is 2. The van der Waals surface area contributed by atoms with Gasteiger partial charge in [0.05, 0.1) is 5.69 Å². The van der Waals surface area contributed by atoms with Gasteiger partial charge in [0.15, 0.2) is 0 Å². The van der Waals surface area contributed by atoms with E-state index in [0.717, 1.165) is 18.5 Å². The fourth-order valence-electron chi connectivity index (χ4n) is 2.12. The first kappa shape index (κ1) is 12.7. The zero-order chi connectivity index (χ0) is 13.2. The molecular weight excluding hydrogens is 226 g/mol. The number of hydrogen-bond donors (Lipinski definition) is 1. The first-order chi connectivity index (χ1) is 8.61. The fourth-order valence-corrected chi connectivity index (χ4v) is 2.12. The molecule has 1 unspecified atom stereocenters. The molecule has 0 aliphatic carbocycles. The molecule has 3 heteroatoms. The number of carbonyl (C=O) groups excluding carboxylic acids is 1. The topological polar surface area (TPSA) is 40.5 Å². The van der Waals surface area contributed by atoms with E-state index in [1.54, 1.807) is 13.1 Å². The largest absolute Gasteiger partial charge is 0.366 e. The van der Waals surface area contributed by atoms with Crippen LogP contribution in [-0.4, -0.2) is 18.1 Å². The van der Waals surface area contributed by atoms with Crippen LogP contribution >= 0.6 is 0 Å². The van der Waals surface area contributed by atoms with Crippen LogP contribution in [-0.2, 0) is 10.4 Å². The van der Waals surface area contributed by atoms with Gasteiger partial charge in [-0.05, 0) is 12.5 Å². The lowest BCUT2D eigenvalue weighted by Crippen LogP contribution is -2.37. The van der Waals surface area contributed by atoms with Crippen LogP contribution in [0.4, 0.5) is 5.69 Å². The normalized spacial score (nSPS) is 21.5. The second-order valence-corrected chi connectivity index (χ2v) is 4.50. The highest BCUT2D eigenvalue weighted by atomic mass is 16.3. The number of benzene rings is 1. The molecule has 0 fully saturated rings. The first-order valence-electron chi connectivity index (χ1n) is 6.21. The molecule has 0 saturated heterocycles. The van der Waals surface area contributed by atoms with Crippen LogP contribution in [0.25, 0.3) is 0 Å². The summed E-state index contributed by atoms with van der Waals surface area (Å²) >= 11 is 0. The number of fused-ring (bicyclic) bond motifs is 1. The highest BCUT2D eigenvalue weighted by Gasteiger charge is 2.47. The Labute approximate surface area is 107 Å². The third-order valence-corrected chi connectivity index (χ3v) is 3.19. The minimum absolute atomic E-state index is 0.368. The van der Waals surface area contributed by atoms with E-state index in [9.17, 15) is 9.90 Å². The third kappa shape index (κ3) is 1.89. The summed E-state index contributed by atoms with van der Waals surface area (Å²) in [6.45, 7) is 2.08. The number of hydrogen-bond acceptors (Lipinski definition) is 2. The second-order valence-electron chi connectivity index (χ2n) is 4.50. The van der Waals surface area contributed by atoms with Crippen LogP contribution in [0, 0.1) is 11.8 Å². The average molecular weight is 243 g/mol. The van der Waals surface area contributed by atoms with Crippen molar-refractivity contribution < 1.29 is 9.90 Å². The molecule has 2 rings (SSSR count). The predicted molar refractivity (Wildman–Crippen MR) is 71.0 cm³/mol. The summed E-state index contributed by atoms with van der Waals surface area (Å²) in [7, 11) is 1.66. The Bertz CT molecular complexity index is 527. The number of rotatable bonds is 2. The molecule has 94 valence electrons. The van der Waals surface area contributed by atoms with Crippen molar-refractivity contribution >= 4 is 11.6 Å². The summed E-state index contributed by atoms with van der Waals surface area (Å²) < 4.78 is 0. The molecule has 0 saturated carbocycles. The highest BCUT2D eigenvalue weighted by molar-refractivity contribution is 6.08. The van der Waals surface area contributed by atoms with Crippen LogP contribution in [0.5, 0.6) is 0 Å². The summed E-state index contributed by atoms with van der Waals surface area (Å²) in [6.07, 6.45) is 2.74. The van der Waals surface area contributed by atoms with Gasteiger partial charge < -0.3 is 10.0 Å². The number of likely N-dealkylation sites (N-methyl/N-ethyl adjacent to an activating group) is 1. The lowest BCUT2D eigenvalue weighted by molar-refractivity contribution is -0.130. The van der Waals surface area contributed by atoms with Crippen molar-refractivity contribution in [1.82, 2.24) is 0 Å². The van der Waals surface area contributed by atoms with Crippen LogP contribution in [0.2, 0.25) is 0 Å². The Kier molecular flexibility index (Phi) is 3.40. The van der Waals surface area contributed by atoms with E-state index in [1.165, 1.54) is 4.90 Å². The quantitative estimate of drug-likeness (QED) is 0.638. The monoisotopic (exact) mass is 243 g/mol. The van der Waals surface area contributed by atoms with Gasteiger partial charge in [-0.25, -0.2) is 0 Å². The molecule has 3 nitrogen and oxygen atoms in total. The van der Waals surface area contributed by atoms with Gasteiger partial charge in [0.1, 0.15) is 0 Å². The fraction of sp³-hybridized carbons (Fsp3) is 0.400. The number of para-hydroxylation sites is 1. The molecule has 1 amide bonds. The molecule has 0 spiro atoms. The Morgan fingerprint density at radius 2 is 2.11 bits per heavy atom. The van der Waals surface area contributed by atoms with Crippen molar-refractivity contribution in [3.8, 4) is 11.8 Å². The highest BCUT2D eigenvalue weighted by Crippen LogP contribution is 2.38. The Hall–Kier alpha value is -1.79. The van der Waals surface area contributed by atoms with Gasteiger partial charge >= 0.3 is 0 Å². The van der Waals surface area contributed by atoms with Gasteiger partial charge in [0.2, 0.25) is 5.60 Å². The zero-order valence-corrected chi connectivity index (χ0v) is 10.7. The Balaban J connectivity index is 2.37. The molecule has 0 radical (unpaired) electrons. The third-order valence-electron chi connectivity index (χ3n) is 3.19. The van der Waals surface area contributed by atoms with E-state index in [1.807, 2.05) is 18.2 Å². The van der Waals surface area contributed by atoms with Gasteiger partial charge in [0, 0.05) is 19.0 Å². The maximum absolute atomic E-state index is 12.1. The van der Waals surface area contributed by atoms with Gasteiger partial charge in [-0.3, -0.25) is 4.79 Å². The smallest absolute Gasteiger partial charge is 0.276 e. The molecular formula is C15H17NO2. The second kappa shape index (κ2) is 4.83. The van der Waals surface area contributed by atoms with Gasteiger partial charge in [-0.15, -0.1) is 0 Å². The van der Waals surface area contributed by atoms with E-state index in [0.29, 0.717) is 12.0 Å². The number of aliphatic hydroxyl groups is 1. The number of amides is 1.